The van der Waals surface area contributed by atoms with Crippen LogP contribution in [0.3, 0.4) is 0 Å². The molecule has 2 unspecified atom stereocenters. The maximum atomic E-state index is 13.2. The van der Waals surface area contributed by atoms with Gasteiger partial charge in [0.2, 0.25) is 0 Å². The summed E-state index contributed by atoms with van der Waals surface area (Å²) >= 11 is 0. The Morgan fingerprint density at radius 3 is 2.63 bits per heavy atom. The quantitative estimate of drug-likeness (QED) is 0.843. The second-order valence-electron chi connectivity index (χ2n) is 5.60. The lowest BCUT2D eigenvalue weighted by Gasteiger charge is -2.28. The first kappa shape index (κ1) is 12.9. The van der Waals surface area contributed by atoms with E-state index in [2.05, 4.69) is 15.5 Å². The van der Waals surface area contributed by atoms with E-state index in [4.69, 9.17) is 0 Å². The van der Waals surface area contributed by atoms with Gasteiger partial charge in [0.05, 0.1) is 11.2 Å². The van der Waals surface area contributed by atoms with Crippen molar-refractivity contribution < 1.29 is 4.39 Å². The van der Waals surface area contributed by atoms with Crippen LogP contribution in [0.15, 0.2) is 18.2 Å². The van der Waals surface area contributed by atoms with Crippen LogP contribution in [0.4, 0.5) is 4.39 Å². The Labute approximate surface area is 117 Å². The normalized spacial score (nSPS) is 29.4. The number of aromatic amines is 1. The maximum absolute atomic E-state index is 13.2. The third-order valence-corrected chi connectivity index (χ3v) is 4.41. The average Bonchev–Trinajstić information content (AvgIpc) is 2.92. The Balaban J connectivity index is 0.00000110. The Bertz CT molecular complexity index is 585. The van der Waals surface area contributed by atoms with Crippen molar-refractivity contribution in [3.8, 4) is 0 Å². The lowest BCUT2D eigenvalue weighted by atomic mass is 9.88. The van der Waals surface area contributed by atoms with Crippen LogP contribution in [0.5, 0.6) is 0 Å². The van der Waals surface area contributed by atoms with Crippen LogP contribution in [0.1, 0.15) is 37.3 Å². The Morgan fingerprint density at radius 2 is 1.89 bits per heavy atom. The largest absolute Gasteiger partial charge is 0.311 e. The van der Waals surface area contributed by atoms with Crippen molar-refractivity contribution >= 4 is 23.3 Å². The lowest BCUT2D eigenvalue weighted by Crippen LogP contribution is -2.37. The standard InChI is InChI=1S/C14H16FN3.ClH/c15-9-1-4-12-13(7-9)17-18-14(12)8-5-10-2-3-11(6-8)16-10;/h1,4,7-8,10-11,16H,2-3,5-6H2,(H,17,18);1H. The molecular formula is C14H17ClFN3. The predicted molar refractivity (Wildman–Crippen MR) is 75.2 cm³/mol. The molecule has 1 aromatic carbocycles. The fourth-order valence-electron chi connectivity index (χ4n) is 3.60. The summed E-state index contributed by atoms with van der Waals surface area (Å²) in [4.78, 5) is 0. The molecule has 2 bridgehead atoms. The van der Waals surface area contributed by atoms with Crippen LogP contribution in [0.25, 0.3) is 10.9 Å². The Kier molecular flexibility index (Phi) is 3.23. The zero-order valence-corrected chi connectivity index (χ0v) is 11.3. The van der Waals surface area contributed by atoms with Gasteiger partial charge in [-0.25, -0.2) is 4.39 Å². The number of hydrogen-bond acceptors (Lipinski definition) is 2. The molecule has 2 N–H and O–H groups in total. The van der Waals surface area contributed by atoms with Crippen LogP contribution >= 0.6 is 12.4 Å². The average molecular weight is 282 g/mol. The van der Waals surface area contributed by atoms with Crippen molar-refractivity contribution in [1.29, 1.82) is 0 Å². The molecule has 2 aliphatic rings. The van der Waals surface area contributed by atoms with Gasteiger partial charge in [-0.2, -0.15) is 5.10 Å². The smallest absolute Gasteiger partial charge is 0.125 e. The monoisotopic (exact) mass is 281 g/mol. The van der Waals surface area contributed by atoms with Gasteiger partial charge in [0.1, 0.15) is 5.82 Å². The highest BCUT2D eigenvalue weighted by atomic mass is 35.5. The topological polar surface area (TPSA) is 40.7 Å². The Hall–Kier alpha value is -1.13. The second kappa shape index (κ2) is 4.76. The summed E-state index contributed by atoms with van der Waals surface area (Å²) in [7, 11) is 0. The minimum absolute atomic E-state index is 0. The number of benzene rings is 1. The van der Waals surface area contributed by atoms with Crippen LogP contribution in [-0.4, -0.2) is 22.3 Å². The zero-order valence-electron chi connectivity index (χ0n) is 10.5. The molecule has 2 atom stereocenters. The highest BCUT2D eigenvalue weighted by molar-refractivity contribution is 5.85. The molecule has 2 fully saturated rings. The summed E-state index contributed by atoms with van der Waals surface area (Å²) in [5.41, 5.74) is 1.94. The molecule has 3 heterocycles. The summed E-state index contributed by atoms with van der Waals surface area (Å²) in [6.45, 7) is 0. The van der Waals surface area contributed by atoms with Crippen molar-refractivity contribution in [2.45, 2.75) is 43.7 Å². The third kappa shape index (κ3) is 2.13. The number of rotatable bonds is 1. The molecule has 0 radical (unpaired) electrons. The van der Waals surface area contributed by atoms with Crippen molar-refractivity contribution in [1.82, 2.24) is 15.5 Å². The fraction of sp³-hybridized carbons (Fsp3) is 0.500. The van der Waals surface area contributed by atoms with Gasteiger partial charge in [0.15, 0.2) is 0 Å². The molecule has 0 aliphatic carbocycles. The number of aromatic nitrogens is 2. The van der Waals surface area contributed by atoms with Crippen LogP contribution < -0.4 is 5.32 Å². The number of halogens is 2. The maximum Gasteiger partial charge on any atom is 0.125 e. The molecule has 19 heavy (non-hydrogen) atoms. The molecule has 3 nitrogen and oxygen atoms in total. The highest BCUT2D eigenvalue weighted by Crippen LogP contribution is 2.38. The van der Waals surface area contributed by atoms with Crippen molar-refractivity contribution in [2.24, 2.45) is 0 Å². The number of fused-ring (bicyclic) bond motifs is 3. The summed E-state index contributed by atoms with van der Waals surface area (Å²) in [6, 6.07) is 6.22. The minimum Gasteiger partial charge on any atom is -0.311 e. The van der Waals surface area contributed by atoms with E-state index < -0.39 is 0 Å². The highest BCUT2D eigenvalue weighted by Gasteiger charge is 2.35. The van der Waals surface area contributed by atoms with Gasteiger partial charge in [-0.15, -0.1) is 12.4 Å². The molecular weight excluding hydrogens is 265 g/mol. The third-order valence-electron chi connectivity index (χ3n) is 4.41. The van der Waals surface area contributed by atoms with Crippen molar-refractivity contribution in [3.63, 3.8) is 0 Å². The Morgan fingerprint density at radius 1 is 1.16 bits per heavy atom. The second-order valence-corrected chi connectivity index (χ2v) is 5.60. The van der Waals surface area contributed by atoms with Gasteiger partial charge < -0.3 is 5.32 Å². The number of hydrogen-bond donors (Lipinski definition) is 2. The van der Waals surface area contributed by atoms with E-state index >= 15 is 0 Å². The predicted octanol–water partition coefficient (Wildman–Crippen LogP) is 3.12. The molecule has 2 aliphatic heterocycles. The molecule has 0 spiro atoms. The number of nitrogens with zero attached hydrogens (tertiary/aromatic N) is 1. The summed E-state index contributed by atoms with van der Waals surface area (Å²) in [6.07, 6.45) is 4.90. The molecule has 0 saturated carbocycles. The zero-order chi connectivity index (χ0) is 12.1. The first-order valence-electron chi connectivity index (χ1n) is 6.69. The van der Waals surface area contributed by atoms with Crippen molar-refractivity contribution in [3.05, 3.63) is 29.7 Å². The summed E-state index contributed by atoms with van der Waals surface area (Å²) in [5.74, 6) is 0.311. The van der Waals surface area contributed by atoms with Gasteiger partial charge in [-0.3, -0.25) is 5.10 Å². The molecule has 1 aromatic heterocycles. The van der Waals surface area contributed by atoms with Gasteiger partial charge in [0, 0.05) is 23.4 Å². The lowest BCUT2D eigenvalue weighted by molar-refractivity contribution is 0.360. The van der Waals surface area contributed by atoms with E-state index in [0.29, 0.717) is 18.0 Å². The van der Waals surface area contributed by atoms with E-state index in [1.165, 1.54) is 25.0 Å². The summed E-state index contributed by atoms with van der Waals surface area (Å²) in [5, 5.41) is 12.1. The number of piperidine rings is 1. The van der Waals surface area contributed by atoms with Crippen LogP contribution in [0.2, 0.25) is 0 Å². The number of nitrogens with one attached hydrogen (secondary N) is 2. The van der Waals surface area contributed by atoms with E-state index in [0.717, 1.165) is 29.4 Å². The van der Waals surface area contributed by atoms with Crippen LogP contribution in [0, 0.1) is 5.82 Å². The molecule has 102 valence electrons. The van der Waals surface area contributed by atoms with E-state index in [-0.39, 0.29) is 18.2 Å². The van der Waals surface area contributed by atoms with Gasteiger partial charge in [-0.1, -0.05) is 0 Å². The fourth-order valence-corrected chi connectivity index (χ4v) is 3.60. The van der Waals surface area contributed by atoms with Gasteiger partial charge in [0.25, 0.3) is 0 Å². The number of H-pyrrole nitrogens is 1. The molecule has 5 heteroatoms. The molecule has 4 rings (SSSR count). The van der Waals surface area contributed by atoms with Crippen molar-refractivity contribution in [2.75, 3.05) is 0 Å². The van der Waals surface area contributed by atoms with Gasteiger partial charge in [-0.05, 0) is 43.9 Å². The van der Waals surface area contributed by atoms with E-state index in [1.54, 1.807) is 0 Å². The molecule has 2 aromatic rings. The minimum atomic E-state index is -0.205. The SMILES string of the molecule is Cl.Fc1ccc2c(C3CC4CCC(C3)N4)n[nH]c2c1. The summed E-state index contributed by atoms with van der Waals surface area (Å²) < 4.78 is 13.2. The molecule has 2 saturated heterocycles. The van der Waals surface area contributed by atoms with E-state index in [1.807, 2.05) is 6.07 Å². The first-order valence-corrected chi connectivity index (χ1v) is 6.69. The first-order chi connectivity index (χ1) is 8.79. The van der Waals surface area contributed by atoms with Crippen LogP contribution in [-0.2, 0) is 0 Å². The molecule has 0 amide bonds. The van der Waals surface area contributed by atoms with E-state index in [9.17, 15) is 4.39 Å². The van der Waals surface area contributed by atoms with Gasteiger partial charge >= 0.3 is 0 Å².